The number of amides is 1. The first-order valence-electron chi connectivity index (χ1n) is 9.79. The zero-order valence-corrected chi connectivity index (χ0v) is 16.3. The van der Waals surface area contributed by atoms with Crippen LogP contribution in [0.4, 0.5) is 5.69 Å². The fourth-order valence-corrected chi connectivity index (χ4v) is 4.27. The Bertz CT molecular complexity index is 999. The summed E-state index contributed by atoms with van der Waals surface area (Å²) in [7, 11) is 1.24. The van der Waals surface area contributed by atoms with Crippen LogP contribution in [0, 0.1) is 0 Å². The summed E-state index contributed by atoms with van der Waals surface area (Å²) in [4.78, 5) is 39.0. The van der Waals surface area contributed by atoms with Gasteiger partial charge in [-0.05, 0) is 48.9 Å². The number of esters is 1. The van der Waals surface area contributed by atoms with E-state index < -0.39 is 17.5 Å². The summed E-state index contributed by atoms with van der Waals surface area (Å²) < 4.78 is 4.67. The molecule has 0 unspecified atom stereocenters. The molecule has 2 aromatic carbocycles. The maximum absolute atomic E-state index is 13.1. The smallest absolute Gasteiger partial charge is 0.325 e. The van der Waals surface area contributed by atoms with Crippen LogP contribution in [0.15, 0.2) is 42.5 Å². The second-order valence-corrected chi connectivity index (χ2v) is 7.64. The molecule has 0 saturated heterocycles. The van der Waals surface area contributed by atoms with Crippen molar-refractivity contribution in [3.05, 3.63) is 64.7 Å². The van der Waals surface area contributed by atoms with Gasteiger partial charge in [0.05, 0.1) is 19.2 Å². The molecule has 0 fully saturated rings. The van der Waals surface area contributed by atoms with Crippen LogP contribution in [-0.4, -0.2) is 36.4 Å². The highest BCUT2D eigenvalue weighted by Gasteiger charge is 2.51. The normalized spacial score (nSPS) is 20.2. The number of hydrogen-bond donors (Lipinski definition) is 1. The third kappa shape index (κ3) is 3.34. The Morgan fingerprint density at radius 1 is 1.10 bits per heavy atom. The number of nitrogens with zero attached hydrogens (tertiary/aromatic N) is 1. The van der Waals surface area contributed by atoms with E-state index in [-0.39, 0.29) is 18.7 Å². The highest BCUT2D eigenvalue weighted by molar-refractivity contribution is 6.12. The van der Waals surface area contributed by atoms with Crippen molar-refractivity contribution in [1.82, 2.24) is 0 Å². The summed E-state index contributed by atoms with van der Waals surface area (Å²) in [6.07, 6.45) is 3.83. The number of benzene rings is 2. The van der Waals surface area contributed by atoms with E-state index in [1.807, 2.05) is 12.1 Å². The monoisotopic (exact) mass is 393 g/mol. The molecule has 6 nitrogen and oxygen atoms in total. The molecular weight excluding hydrogens is 370 g/mol. The minimum absolute atomic E-state index is 0.302. The summed E-state index contributed by atoms with van der Waals surface area (Å²) in [6, 6.07) is 12.3. The van der Waals surface area contributed by atoms with Gasteiger partial charge in [0.2, 0.25) is 0 Å². The Labute approximate surface area is 169 Å². The van der Waals surface area contributed by atoms with Crippen LogP contribution >= 0.6 is 0 Å². The number of fused-ring (bicyclic) bond motifs is 2. The summed E-state index contributed by atoms with van der Waals surface area (Å²) in [5, 5.41) is 11.3. The van der Waals surface area contributed by atoms with Gasteiger partial charge in [-0.25, -0.2) is 0 Å². The third-order valence-corrected chi connectivity index (χ3v) is 5.84. The molecule has 1 aliphatic carbocycles. The topological polar surface area (TPSA) is 83.9 Å². The molecule has 6 heteroatoms. The number of ether oxygens (including phenoxy) is 1. The Kier molecular flexibility index (Phi) is 4.96. The van der Waals surface area contributed by atoms with Gasteiger partial charge in [0.1, 0.15) is 6.54 Å². The number of carbonyl (C=O) groups excluding carboxylic acids is 3. The van der Waals surface area contributed by atoms with E-state index >= 15 is 0 Å². The Morgan fingerprint density at radius 3 is 2.59 bits per heavy atom. The van der Waals surface area contributed by atoms with Gasteiger partial charge in [0.15, 0.2) is 11.4 Å². The van der Waals surface area contributed by atoms with Crippen molar-refractivity contribution in [3.63, 3.8) is 0 Å². The maximum Gasteiger partial charge on any atom is 0.325 e. The van der Waals surface area contributed by atoms with Crippen LogP contribution in [0.1, 0.15) is 46.3 Å². The molecule has 0 spiro atoms. The molecular formula is C23H23NO5. The lowest BCUT2D eigenvalue weighted by Gasteiger charge is -2.23. The summed E-state index contributed by atoms with van der Waals surface area (Å²) in [5.41, 5.74) is 1.68. The van der Waals surface area contributed by atoms with Crippen LogP contribution in [0.5, 0.6) is 0 Å². The molecule has 1 heterocycles. The first-order valence-corrected chi connectivity index (χ1v) is 9.79. The zero-order valence-electron chi connectivity index (χ0n) is 16.3. The Balaban J connectivity index is 1.64. The van der Waals surface area contributed by atoms with E-state index in [9.17, 15) is 19.5 Å². The molecule has 4 rings (SSSR count). The number of Topliss-reactive ketones (excluding diaryl/α,β-unsaturated/α-hetero) is 1. The van der Waals surface area contributed by atoms with Crippen molar-refractivity contribution in [3.8, 4) is 0 Å². The number of hydrogen-bond acceptors (Lipinski definition) is 5. The maximum atomic E-state index is 13.1. The molecule has 1 aliphatic heterocycles. The highest BCUT2D eigenvalue weighted by Crippen LogP contribution is 2.42. The van der Waals surface area contributed by atoms with Gasteiger partial charge in [-0.2, -0.15) is 0 Å². The van der Waals surface area contributed by atoms with E-state index in [0.717, 1.165) is 25.7 Å². The average Bonchev–Trinajstić information content (AvgIpc) is 2.95. The SMILES string of the molecule is COC(=O)CN1C(=O)[C@](O)(CC(=O)c2ccc3c(c2)CCCC3)c2ccccc21. The molecule has 0 radical (unpaired) electrons. The highest BCUT2D eigenvalue weighted by atomic mass is 16.5. The molecule has 150 valence electrons. The predicted octanol–water partition coefficient (Wildman–Crippen LogP) is 2.55. The number of carbonyl (C=O) groups is 3. The first-order chi connectivity index (χ1) is 13.9. The van der Waals surface area contributed by atoms with Gasteiger partial charge in [0, 0.05) is 11.1 Å². The van der Waals surface area contributed by atoms with Gasteiger partial charge in [0.25, 0.3) is 5.91 Å². The van der Waals surface area contributed by atoms with Crippen molar-refractivity contribution in [2.75, 3.05) is 18.6 Å². The van der Waals surface area contributed by atoms with Crippen molar-refractivity contribution in [2.45, 2.75) is 37.7 Å². The van der Waals surface area contributed by atoms with Crippen molar-refractivity contribution < 1.29 is 24.2 Å². The van der Waals surface area contributed by atoms with Gasteiger partial charge in [-0.1, -0.05) is 30.3 Å². The number of ketones is 1. The molecule has 0 saturated carbocycles. The van der Waals surface area contributed by atoms with Crippen molar-refractivity contribution >= 4 is 23.3 Å². The van der Waals surface area contributed by atoms with E-state index in [0.29, 0.717) is 16.8 Å². The number of anilines is 1. The molecule has 1 atom stereocenters. The fourth-order valence-electron chi connectivity index (χ4n) is 4.27. The largest absolute Gasteiger partial charge is 0.468 e. The number of rotatable bonds is 5. The minimum atomic E-state index is -2.00. The standard InChI is InChI=1S/C23H23NO5/c1-29-21(26)14-24-19-9-5-4-8-18(19)23(28,22(24)27)13-20(25)17-11-10-15-6-2-3-7-16(15)12-17/h4-5,8-12,28H,2-3,6-7,13-14H2,1H3/t23-/m0/s1. The van der Waals surface area contributed by atoms with E-state index in [1.54, 1.807) is 30.3 Å². The predicted molar refractivity (Wildman–Crippen MR) is 107 cm³/mol. The average molecular weight is 393 g/mol. The number of aliphatic hydroxyl groups is 1. The summed E-state index contributed by atoms with van der Waals surface area (Å²) >= 11 is 0. The summed E-state index contributed by atoms with van der Waals surface area (Å²) in [6.45, 7) is -0.318. The number of methoxy groups -OCH3 is 1. The van der Waals surface area contributed by atoms with E-state index in [4.69, 9.17) is 0 Å². The molecule has 29 heavy (non-hydrogen) atoms. The molecule has 2 aromatic rings. The lowest BCUT2D eigenvalue weighted by Crippen LogP contribution is -2.43. The molecule has 0 bridgehead atoms. The second-order valence-electron chi connectivity index (χ2n) is 7.64. The van der Waals surface area contributed by atoms with Crippen LogP contribution < -0.4 is 4.90 Å². The van der Waals surface area contributed by atoms with Crippen LogP contribution in [0.25, 0.3) is 0 Å². The van der Waals surface area contributed by atoms with Crippen LogP contribution in [0.2, 0.25) is 0 Å². The minimum Gasteiger partial charge on any atom is -0.468 e. The summed E-state index contributed by atoms with van der Waals surface area (Å²) in [5.74, 6) is -1.59. The molecule has 0 aromatic heterocycles. The van der Waals surface area contributed by atoms with E-state index in [2.05, 4.69) is 4.74 Å². The first kappa shape index (κ1) is 19.3. The second kappa shape index (κ2) is 7.44. The fraction of sp³-hybridized carbons (Fsp3) is 0.348. The van der Waals surface area contributed by atoms with Crippen molar-refractivity contribution in [1.29, 1.82) is 0 Å². The Morgan fingerprint density at radius 2 is 1.83 bits per heavy atom. The Hall–Kier alpha value is -2.99. The molecule has 1 amide bonds. The number of aryl methyl sites for hydroxylation is 2. The third-order valence-electron chi connectivity index (χ3n) is 5.84. The van der Waals surface area contributed by atoms with Gasteiger partial charge >= 0.3 is 5.97 Å². The molecule has 2 aliphatic rings. The lowest BCUT2D eigenvalue weighted by atomic mass is 9.85. The van der Waals surface area contributed by atoms with E-state index in [1.165, 1.54) is 23.1 Å². The van der Waals surface area contributed by atoms with Gasteiger partial charge < -0.3 is 9.84 Å². The van der Waals surface area contributed by atoms with Gasteiger partial charge in [-0.3, -0.25) is 19.3 Å². The molecule has 1 N–H and O–H groups in total. The van der Waals surface area contributed by atoms with Crippen molar-refractivity contribution in [2.24, 2.45) is 0 Å². The number of para-hydroxylation sites is 1. The van der Waals surface area contributed by atoms with Crippen LogP contribution in [-0.2, 0) is 32.8 Å². The zero-order chi connectivity index (χ0) is 20.6. The lowest BCUT2D eigenvalue weighted by molar-refractivity contribution is -0.142. The van der Waals surface area contributed by atoms with Crippen LogP contribution in [0.3, 0.4) is 0 Å². The quantitative estimate of drug-likeness (QED) is 0.623. The van der Waals surface area contributed by atoms with Gasteiger partial charge in [-0.15, -0.1) is 0 Å².